The molecular weight excluding hydrogens is 306 g/mol. The minimum absolute atomic E-state index is 0.201. The minimum atomic E-state index is -0.413. The normalized spacial score (nSPS) is 14.9. The number of hydrogen-bond acceptors (Lipinski definition) is 5. The lowest BCUT2D eigenvalue weighted by molar-refractivity contribution is 0.122. The number of ether oxygens (including phenoxy) is 1. The maximum absolute atomic E-state index is 12.3. The van der Waals surface area contributed by atoms with Crippen molar-refractivity contribution in [1.29, 1.82) is 0 Å². The van der Waals surface area contributed by atoms with Gasteiger partial charge >= 0.3 is 0 Å². The number of morpholine rings is 1. The zero-order chi connectivity index (χ0) is 16.5. The molecule has 5 nitrogen and oxygen atoms in total. The first-order chi connectivity index (χ1) is 11.7. The first kappa shape index (κ1) is 14.8. The molecule has 5 heteroatoms. The number of nitrogens with zero attached hydrogens (tertiary/aromatic N) is 1. The second-order valence-corrected chi connectivity index (χ2v) is 5.75. The van der Waals surface area contributed by atoms with Crippen LogP contribution in [0.25, 0.3) is 22.3 Å². The molecule has 2 aromatic carbocycles. The van der Waals surface area contributed by atoms with E-state index in [0.717, 1.165) is 32.0 Å². The molecule has 0 unspecified atom stereocenters. The number of aromatic hydroxyl groups is 1. The predicted octanol–water partition coefficient (Wildman–Crippen LogP) is 3.00. The monoisotopic (exact) mass is 323 g/mol. The SMILES string of the molecule is O=c1c(O)c(-c2ccc(N3CCOCC3)cc2)oc2ccccc12. The Kier molecular flexibility index (Phi) is 3.70. The van der Waals surface area contributed by atoms with Crippen molar-refractivity contribution >= 4 is 16.7 Å². The molecule has 1 fully saturated rings. The zero-order valence-electron chi connectivity index (χ0n) is 13.1. The Morgan fingerprint density at radius 3 is 2.42 bits per heavy atom. The van der Waals surface area contributed by atoms with Gasteiger partial charge in [-0.15, -0.1) is 0 Å². The van der Waals surface area contributed by atoms with Gasteiger partial charge in [0.1, 0.15) is 5.58 Å². The summed E-state index contributed by atoms with van der Waals surface area (Å²) in [6.07, 6.45) is 0. The lowest BCUT2D eigenvalue weighted by Gasteiger charge is -2.28. The van der Waals surface area contributed by atoms with Crippen molar-refractivity contribution in [2.75, 3.05) is 31.2 Å². The van der Waals surface area contributed by atoms with Crippen LogP contribution in [0.15, 0.2) is 57.7 Å². The standard InChI is InChI=1S/C19H17NO4/c21-17-15-3-1-2-4-16(15)24-19(18(17)22)13-5-7-14(8-6-13)20-9-11-23-12-10-20/h1-8,22H,9-12H2. The van der Waals surface area contributed by atoms with Crippen LogP contribution < -0.4 is 10.3 Å². The largest absolute Gasteiger partial charge is 0.502 e. The fourth-order valence-electron chi connectivity index (χ4n) is 2.97. The van der Waals surface area contributed by atoms with Gasteiger partial charge in [-0.25, -0.2) is 0 Å². The molecule has 0 atom stereocenters. The van der Waals surface area contributed by atoms with E-state index in [0.29, 0.717) is 16.5 Å². The Bertz CT molecular complexity index is 924. The van der Waals surface area contributed by atoms with Crippen molar-refractivity contribution in [2.45, 2.75) is 0 Å². The fraction of sp³-hybridized carbons (Fsp3) is 0.211. The van der Waals surface area contributed by atoms with Crippen LogP contribution in [0.5, 0.6) is 5.75 Å². The topological polar surface area (TPSA) is 62.9 Å². The Morgan fingerprint density at radius 1 is 0.958 bits per heavy atom. The number of benzene rings is 2. The van der Waals surface area contributed by atoms with E-state index in [1.807, 2.05) is 24.3 Å². The van der Waals surface area contributed by atoms with E-state index in [2.05, 4.69) is 4.90 Å². The van der Waals surface area contributed by atoms with Gasteiger partial charge < -0.3 is 19.2 Å². The van der Waals surface area contributed by atoms with Crippen LogP contribution in [0.2, 0.25) is 0 Å². The van der Waals surface area contributed by atoms with Gasteiger partial charge in [0.05, 0.1) is 18.6 Å². The third-order valence-corrected chi connectivity index (χ3v) is 4.28. The maximum atomic E-state index is 12.3. The van der Waals surface area contributed by atoms with E-state index < -0.39 is 5.43 Å². The summed E-state index contributed by atoms with van der Waals surface area (Å²) in [6, 6.07) is 14.6. The smallest absolute Gasteiger partial charge is 0.235 e. The van der Waals surface area contributed by atoms with Crippen LogP contribution in [-0.4, -0.2) is 31.4 Å². The first-order valence-electron chi connectivity index (χ1n) is 7.92. The number of rotatable bonds is 2. The summed E-state index contributed by atoms with van der Waals surface area (Å²) in [5, 5.41) is 10.6. The molecule has 1 aliphatic rings. The first-order valence-corrected chi connectivity index (χ1v) is 7.92. The summed E-state index contributed by atoms with van der Waals surface area (Å²) in [6.45, 7) is 3.16. The van der Waals surface area contributed by atoms with Crippen molar-refractivity contribution in [3.05, 3.63) is 58.8 Å². The summed E-state index contributed by atoms with van der Waals surface area (Å²) in [5.41, 5.74) is 1.81. The molecule has 24 heavy (non-hydrogen) atoms. The Labute approximate surface area is 138 Å². The molecule has 0 spiro atoms. The second kappa shape index (κ2) is 6.02. The molecule has 0 saturated carbocycles. The van der Waals surface area contributed by atoms with Gasteiger partial charge in [-0.05, 0) is 36.4 Å². The summed E-state index contributed by atoms with van der Waals surface area (Å²) >= 11 is 0. The number of anilines is 1. The van der Waals surface area contributed by atoms with Gasteiger partial charge in [-0.1, -0.05) is 12.1 Å². The van der Waals surface area contributed by atoms with Crippen LogP contribution in [0, 0.1) is 0 Å². The van der Waals surface area contributed by atoms with Gasteiger partial charge in [0.25, 0.3) is 0 Å². The van der Waals surface area contributed by atoms with Gasteiger partial charge in [0.2, 0.25) is 11.2 Å². The van der Waals surface area contributed by atoms with Crippen molar-refractivity contribution < 1.29 is 14.3 Å². The van der Waals surface area contributed by atoms with Gasteiger partial charge in [-0.2, -0.15) is 0 Å². The van der Waals surface area contributed by atoms with E-state index in [1.165, 1.54) is 0 Å². The van der Waals surface area contributed by atoms with Gasteiger partial charge in [0, 0.05) is 24.3 Å². The lowest BCUT2D eigenvalue weighted by Crippen LogP contribution is -2.36. The van der Waals surface area contributed by atoms with Crippen molar-refractivity contribution in [3.63, 3.8) is 0 Å². The molecule has 1 N–H and O–H groups in total. The molecule has 1 aliphatic heterocycles. The number of hydrogen-bond donors (Lipinski definition) is 1. The van der Waals surface area contributed by atoms with Crippen LogP contribution in [-0.2, 0) is 4.74 Å². The van der Waals surface area contributed by atoms with Crippen molar-refractivity contribution in [1.82, 2.24) is 0 Å². The van der Waals surface area contributed by atoms with Crippen LogP contribution in [0.4, 0.5) is 5.69 Å². The highest BCUT2D eigenvalue weighted by Gasteiger charge is 2.16. The van der Waals surface area contributed by atoms with E-state index in [4.69, 9.17) is 9.15 Å². The molecule has 0 radical (unpaired) electrons. The third kappa shape index (κ3) is 2.53. The summed E-state index contributed by atoms with van der Waals surface area (Å²) in [5.74, 6) is -0.153. The quantitative estimate of drug-likeness (QED) is 0.785. The Balaban J connectivity index is 1.74. The molecule has 0 aliphatic carbocycles. The predicted molar refractivity (Wildman–Crippen MR) is 92.6 cm³/mol. The summed E-state index contributed by atoms with van der Waals surface area (Å²) < 4.78 is 11.1. The molecule has 0 amide bonds. The van der Waals surface area contributed by atoms with E-state index >= 15 is 0 Å². The van der Waals surface area contributed by atoms with Crippen LogP contribution in [0.1, 0.15) is 0 Å². The van der Waals surface area contributed by atoms with Crippen LogP contribution in [0.3, 0.4) is 0 Å². The molecule has 1 aromatic heterocycles. The van der Waals surface area contributed by atoms with Crippen LogP contribution >= 0.6 is 0 Å². The summed E-state index contributed by atoms with van der Waals surface area (Å²) in [7, 11) is 0. The number of fused-ring (bicyclic) bond motifs is 1. The molecule has 0 bridgehead atoms. The molecular formula is C19H17NO4. The molecule has 4 rings (SSSR count). The van der Waals surface area contributed by atoms with E-state index in [-0.39, 0.29) is 11.5 Å². The number of para-hydroxylation sites is 1. The fourth-order valence-corrected chi connectivity index (χ4v) is 2.97. The highest BCUT2D eigenvalue weighted by molar-refractivity contribution is 5.81. The average molecular weight is 323 g/mol. The Hall–Kier alpha value is -2.79. The van der Waals surface area contributed by atoms with Gasteiger partial charge in [0.15, 0.2) is 5.76 Å². The Morgan fingerprint density at radius 2 is 1.67 bits per heavy atom. The third-order valence-electron chi connectivity index (χ3n) is 4.28. The van der Waals surface area contributed by atoms with Crippen molar-refractivity contribution in [2.24, 2.45) is 0 Å². The molecule has 3 aromatic rings. The highest BCUT2D eigenvalue weighted by atomic mass is 16.5. The lowest BCUT2D eigenvalue weighted by atomic mass is 10.1. The van der Waals surface area contributed by atoms with E-state index in [9.17, 15) is 9.90 Å². The van der Waals surface area contributed by atoms with Gasteiger partial charge in [-0.3, -0.25) is 4.79 Å². The zero-order valence-corrected chi connectivity index (χ0v) is 13.1. The summed E-state index contributed by atoms with van der Waals surface area (Å²) in [4.78, 5) is 14.5. The van der Waals surface area contributed by atoms with Crippen molar-refractivity contribution in [3.8, 4) is 17.1 Å². The maximum Gasteiger partial charge on any atom is 0.235 e. The highest BCUT2D eigenvalue weighted by Crippen LogP contribution is 2.31. The molecule has 2 heterocycles. The minimum Gasteiger partial charge on any atom is -0.502 e. The molecule has 122 valence electrons. The van der Waals surface area contributed by atoms with E-state index in [1.54, 1.807) is 24.3 Å². The average Bonchev–Trinajstić information content (AvgIpc) is 2.66. The molecule has 1 saturated heterocycles. The second-order valence-electron chi connectivity index (χ2n) is 5.75.